The molecule has 8 nitrogen and oxygen atoms in total. The summed E-state index contributed by atoms with van der Waals surface area (Å²) in [5, 5.41) is 4.62. The van der Waals surface area contributed by atoms with E-state index < -0.39 is 0 Å². The molecule has 4 aromatic heterocycles. The van der Waals surface area contributed by atoms with Crippen molar-refractivity contribution in [1.29, 1.82) is 0 Å². The van der Waals surface area contributed by atoms with Crippen molar-refractivity contribution in [3.05, 3.63) is 42.2 Å². The van der Waals surface area contributed by atoms with Gasteiger partial charge < -0.3 is 10.6 Å². The third-order valence-corrected chi connectivity index (χ3v) is 6.33. The summed E-state index contributed by atoms with van der Waals surface area (Å²) in [4.78, 5) is 15.1. The lowest BCUT2D eigenvalue weighted by Gasteiger charge is -2.39. The molecular weight excluding hydrogens is 400 g/mol. The van der Waals surface area contributed by atoms with Crippen LogP contribution in [0.15, 0.2) is 37.1 Å². The maximum atomic E-state index is 6.06. The van der Waals surface area contributed by atoms with Crippen molar-refractivity contribution < 1.29 is 0 Å². The number of nitrogen functional groups attached to an aromatic ring is 1. The van der Waals surface area contributed by atoms with Crippen LogP contribution in [0.25, 0.3) is 22.4 Å². The topological polar surface area (TPSA) is 89.6 Å². The third-order valence-electron chi connectivity index (χ3n) is 6.05. The van der Waals surface area contributed by atoms with Crippen LogP contribution >= 0.6 is 11.6 Å². The van der Waals surface area contributed by atoms with Gasteiger partial charge in [0, 0.05) is 35.8 Å². The molecule has 2 fully saturated rings. The highest BCUT2D eigenvalue weighted by molar-refractivity contribution is 6.29. The molecule has 0 aromatic carbocycles. The number of piperidine rings is 1. The molecule has 1 saturated heterocycles. The number of fused-ring (bicyclic) bond motifs is 2. The Labute approximate surface area is 179 Å². The van der Waals surface area contributed by atoms with Crippen LogP contribution in [0.1, 0.15) is 38.5 Å². The summed E-state index contributed by atoms with van der Waals surface area (Å²) in [6, 6.07) is 2.93. The van der Waals surface area contributed by atoms with E-state index in [-0.39, 0.29) is 5.95 Å². The molecule has 0 amide bonds. The van der Waals surface area contributed by atoms with Crippen molar-refractivity contribution in [3.63, 3.8) is 0 Å². The first-order valence-electron chi connectivity index (χ1n) is 10.5. The first-order valence-corrected chi connectivity index (χ1v) is 10.9. The second-order valence-electron chi connectivity index (χ2n) is 7.95. The summed E-state index contributed by atoms with van der Waals surface area (Å²) >= 11 is 6.06. The lowest BCUT2D eigenvalue weighted by Crippen LogP contribution is -2.42. The van der Waals surface area contributed by atoms with Crippen LogP contribution in [-0.4, -0.2) is 53.0 Å². The number of imidazole rings is 1. The Kier molecular flexibility index (Phi) is 5.26. The van der Waals surface area contributed by atoms with Crippen molar-refractivity contribution in [1.82, 2.24) is 33.9 Å². The Bertz CT molecular complexity index is 1160. The highest BCUT2D eigenvalue weighted by Crippen LogP contribution is 2.27. The van der Waals surface area contributed by atoms with Gasteiger partial charge in [-0.2, -0.15) is 0 Å². The number of likely N-dealkylation sites (tertiary alicyclic amines) is 1. The number of aromatic nitrogens is 6. The van der Waals surface area contributed by atoms with E-state index in [0.717, 1.165) is 22.7 Å². The van der Waals surface area contributed by atoms with Crippen molar-refractivity contribution in [2.45, 2.75) is 44.6 Å². The second-order valence-corrected chi connectivity index (χ2v) is 8.34. The van der Waals surface area contributed by atoms with Gasteiger partial charge in [-0.25, -0.2) is 19.5 Å². The minimum absolute atomic E-state index is 0.228. The molecule has 2 aliphatic rings. The Balaban J connectivity index is 0.000000161. The fraction of sp³-hybridized carbons (Fsp3) is 0.429. The van der Waals surface area contributed by atoms with Crippen LogP contribution in [-0.2, 0) is 0 Å². The van der Waals surface area contributed by atoms with Gasteiger partial charge in [-0.1, -0.05) is 24.4 Å². The van der Waals surface area contributed by atoms with E-state index in [0.29, 0.717) is 10.9 Å². The Morgan fingerprint density at radius 1 is 0.967 bits per heavy atom. The van der Waals surface area contributed by atoms with Crippen molar-refractivity contribution in [2.75, 3.05) is 18.8 Å². The van der Waals surface area contributed by atoms with Crippen LogP contribution in [0.2, 0.25) is 5.15 Å². The van der Waals surface area contributed by atoms with Crippen molar-refractivity contribution >= 4 is 28.8 Å². The molecule has 30 heavy (non-hydrogen) atoms. The maximum Gasteiger partial charge on any atom is 0.238 e. The van der Waals surface area contributed by atoms with E-state index >= 15 is 0 Å². The molecule has 1 aliphatic carbocycles. The van der Waals surface area contributed by atoms with Crippen molar-refractivity contribution in [3.8, 4) is 11.1 Å². The molecule has 0 bridgehead atoms. The summed E-state index contributed by atoms with van der Waals surface area (Å²) < 4.78 is 3.40. The van der Waals surface area contributed by atoms with E-state index in [4.69, 9.17) is 17.3 Å². The fourth-order valence-corrected chi connectivity index (χ4v) is 4.35. The SMILES string of the molecule is C1CCN(C2CCC2)CC1.Nc1ncc2c(-c3cnc4ncc(Cl)n4c3)ccn2n1. The Morgan fingerprint density at radius 3 is 2.53 bits per heavy atom. The van der Waals surface area contributed by atoms with Gasteiger partial charge in [0.05, 0.1) is 17.9 Å². The van der Waals surface area contributed by atoms with Gasteiger partial charge in [-0.15, -0.1) is 5.10 Å². The van der Waals surface area contributed by atoms with Crippen LogP contribution in [0.4, 0.5) is 5.95 Å². The number of halogens is 1. The summed E-state index contributed by atoms with van der Waals surface area (Å²) in [5.74, 6) is 0.786. The van der Waals surface area contributed by atoms with Gasteiger partial charge in [0.25, 0.3) is 0 Å². The monoisotopic (exact) mass is 424 g/mol. The van der Waals surface area contributed by atoms with E-state index in [9.17, 15) is 0 Å². The fourth-order valence-electron chi connectivity index (χ4n) is 4.18. The molecule has 0 unspecified atom stereocenters. The lowest BCUT2D eigenvalue weighted by molar-refractivity contribution is 0.105. The third kappa shape index (κ3) is 3.73. The molecule has 1 aliphatic heterocycles. The number of hydrogen-bond acceptors (Lipinski definition) is 6. The zero-order valence-electron chi connectivity index (χ0n) is 16.8. The lowest BCUT2D eigenvalue weighted by atomic mass is 9.90. The molecule has 0 radical (unpaired) electrons. The van der Waals surface area contributed by atoms with Crippen LogP contribution in [0, 0.1) is 0 Å². The summed E-state index contributed by atoms with van der Waals surface area (Å²) in [7, 11) is 0. The number of nitrogens with zero attached hydrogens (tertiary/aromatic N) is 7. The molecular formula is C21H25ClN8. The summed E-state index contributed by atoms with van der Waals surface area (Å²) in [6.07, 6.45) is 17.5. The Hall–Kier alpha value is -2.71. The summed E-state index contributed by atoms with van der Waals surface area (Å²) in [5.41, 5.74) is 8.26. The van der Waals surface area contributed by atoms with Gasteiger partial charge in [0.2, 0.25) is 11.7 Å². The number of nitrogens with two attached hydrogens (primary N) is 1. The van der Waals surface area contributed by atoms with Gasteiger partial charge in [0.15, 0.2) is 0 Å². The van der Waals surface area contributed by atoms with Crippen LogP contribution in [0.5, 0.6) is 0 Å². The van der Waals surface area contributed by atoms with Crippen LogP contribution < -0.4 is 5.73 Å². The minimum atomic E-state index is 0.228. The number of anilines is 1. The minimum Gasteiger partial charge on any atom is -0.367 e. The standard InChI is InChI=1S/C12H8ClN7.C9H17N/c13-10-5-17-12-16-3-7(6-19(10)12)8-1-2-20-9(8)4-15-11(14)18-20;1-2-7-10(8-3-1)9-5-4-6-9/h1-6H,(H2,14,18);9H,1-8H2. The summed E-state index contributed by atoms with van der Waals surface area (Å²) in [6.45, 7) is 2.79. The van der Waals surface area contributed by atoms with E-state index in [1.54, 1.807) is 27.5 Å². The quantitative estimate of drug-likeness (QED) is 0.527. The van der Waals surface area contributed by atoms with E-state index in [2.05, 4.69) is 25.0 Å². The first-order chi connectivity index (χ1) is 14.7. The second kappa shape index (κ2) is 8.20. The molecule has 1 saturated carbocycles. The average Bonchev–Trinajstić information content (AvgIpc) is 3.31. The number of rotatable bonds is 2. The zero-order chi connectivity index (χ0) is 20.5. The first kappa shape index (κ1) is 19.3. The molecule has 0 atom stereocenters. The van der Waals surface area contributed by atoms with Gasteiger partial charge in [0.1, 0.15) is 5.15 Å². The highest BCUT2D eigenvalue weighted by Gasteiger charge is 2.25. The molecule has 5 heterocycles. The van der Waals surface area contributed by atoms with Crippen molar-refractivity contribution in [2.24, 2.45) is 0 Å². The molecule has 0 spiro atoms. The van der Waals surface area contributed by atoms with E-state index in [1.807, 2.05) is 18.5 Å². The molecule has 2 N–H and O–H groups in total. The maximum absolute atomic E-state index is 6.06. The van der Waals surface area contributed by atoms with Gasteiger partial charge >= 0.3 is 0 Å². The smallest absolute Gasteiger partial charge is 0.238 e. The normalized spacial score (nSPS) is 17.6. The largest absolute Gasteiger partial charge is 0.367 e. The van der Waals surface area contributed by atoms with E-state index in [1.165, 1.54) is 51.6 Å². The highest BCUT2D eigenvalue weighted by atomic mass is 35.5. The van der Waals surface area contributed by atoms with Crippen LogP contribution in [0.3, 0.4) is 0 Å². The Morgan fingerprint density at radius 2 is 1.77 bits per heavy atom. The molecule has 4 aromatic rings. The zero-order valence-corrected chi connectivity index (χ0v) is 17.5. The predicted octanol–water partition coefficient (Wildman–Crippen LogP) is 3.70. The van der Waals surface area contributed by atoms with Gasteiger partial charge in [-0.05, 0) is 44.8 Å². The molecule has 156 valence electrons. The average molecular weight is 425 g/mol. The van der Waals surface area contributed by atoms with Gasteiger partial charge in [-0.3, -0.25) is 4.40 Å². The number of hydrogen-bond donors (Lipinski definition) is 1. The molecule has 6 rings (SSSR count). The molecule has 9 heteroatoms. The predicted molar refractivity (Wildman–Crippen MR) is 117 cm³/mol.